The Bertz CT molecular complexity index is 771. The molecule has 1 atom stereocenters. The van der Waals surface area contributed by atoms with Crippen LogP contribution in [0.2, 0.25) is 0 Å². The van der Waals surface area contributed by atoms with Crippen LogP contribution in [0.4, 0.5) is 0 Å². The zero-order valence-corrected chi connectivity index (χ0v) is 15.1. The summed E-state index contributed by atoms with van der Waals surface area (Å²) in [5.41, 5.74) is 2.12. The lowest BCUT2D eigenvalue weighted by Crippen LogP contribution is -2.26. The summed E-state index contributed by atoms with van der Waals surface area (Å²) < 4.78 is 2.28. The molecule has 0 saturated heterocycles. The van der Waals surface area contributed by atoms with Gasteiger partial charge in [0.1, 0.15) is 0 Å². The van der Waals surface area contributed by atoms with Crippen molar-refractivity contribution in [3.05, 3.63) is 54.4 Å². The molecular formula is C18H19N3OS2. The number of thioether (sulfide) groups is 1. The number of hydrogen-bond donors (Lipinski definition) is 1. The molecule has 0 aliphatic rings. The number of rotatable bonds is 7. The van der Waals surface area contributed by atoms with Gasteiger partial charge in [-0.1, -0.05) is 23.9 Å². The lowest BCUT2D eigenvalue weighted by Gasteiger charge is -2.13. The van der Waals surface area contributed by atoms with Crippen LogP contribution in [0.5, 0.6) is 0 Å². The molecule has 1 N–H and O–H groups in total. The van der Waals surface area contributed by atoms with Gasteiger partial charge in [0.15, 0.2) is 4.34 Å². The number of para-hydroxylation sites is 1. The molecule has 6 heteroatoms. The third-order valence-electron chi connectivity index (χ3n) is 3.63. The molecule has 24 heavy (non-hydrogen) atoms. The van der Waals surface area contributed by atoms with Crippen molar-refractivity contribution in [3.63, 3.8) is 0 Å². The first-order chi connectivity index (χ1) is 11.7. The lowest BCUT2D eigenvalue weighted by atomic mass is 10.1. The molecule has 4 nitrogen and oxygen atoms in total. The molecule has 0 unspecified atom stereocenters. The highest BCUT2D eigenvalue weighted by Gasteiger charge is 2.09. The lowest BCUT2D eigenvalue weighted by molar-refractivity contribution is -0.121. The summed E-state index contributed by atoms with van der Waals surface area (Å²) in [5.74, 6) is 0.987. The SMILES string of the molecule is C[C@@H](NC(=O)CCCSc1nc2ccccc2s1)c1ccncc1. The number of nitrogens with one attached hydrogen (secondary N) is 1. The predicted molar refractivity (Wildman–Crippen MR) is 100 cm³/mol. The van der Waals surface area contributed by atoms with Crippen LogP contribution in [0.25, 0.3) is 10.2 Å². The van der Waals surface area contributed by atoms with Crippen molar-refractivity contribution in [3.8, 4) is 0 Å². The zero-order valence-electron chi connectivity index (χ0n) is 13.4. The van der Waals surface area contributed by atoms with E-state index in [4.69, 9.17) is 0 Å². The number of fused-ring (bicyclic) bond motifs is 1. The van der Waals surface area contributed by atoms with Crippen LogP contribution in [0.1, 0.15) is 31.4 Å². The maximum Gasteiger partial charge on any atom is 0.220 e. The quantitative estimate of drug-likeness (QED) is 0.502. The largest absolute Gasteiger partial charge is 0.350 e. The van der Waals surface area contributed by atoms with Crippen molar-refractivity contribution in [1.29, 1.82) is 0 Å². The second-order valence-corrected chi connectivity index (χ2v) is 7.84. The maximum atomic E-state index is 12.0. The molecule has 0 aliphatic heterocycles. The molecule has 1 amide bonds. The number of hydrogen-bond acceptors (Lipinski definition) is 5. The van der Waals surface area contributed by atoms with Gasteiger partial charge in [0.05, 0.1) is 16.3 Å². The van der Waals surface area contributed by atoms with Gasteiger partial charge in [0, 0.05) is 24.6 Å². The smallest absolute Gasteiger partial charge is 0.220 e. The number of thiazole rings is 1. The molecule has 0 fully saturated rings. The molecule has 3 rings (SSSR count). The Hall–Kier alpha value is -1.92. The van der Waals surface area contributed by atoms with Gasteiger partial charge in [-0.15, -0.1) is 11.3 Å². The average Bonchev–Trinajstić information content (AvgIpc) is 3.02. The second-order valence-electron chi connectivity index (χ2n) is 5.47. The minimum Gasteiger partial charge on any atom is -0.350 e. The minimum absolute atomic E-state index is 0.0115. The highest BCUT2D eigenvalue weighted by Crippen LogP contribution is 2.29. The monoisotopic (exact) mass is 357 g/mol. The number of carbonyl (C=O) groups excluding carboxylic acids is 1. The van der Waals surface area contributed by atoms with Gasteiger partial charge in [0.25, 0.3) is 0 Å². The first-order valence-electron chi connectivity index (χ1n) is 7.90. The van der Waals surface area contributed by atoms with E-state index in [1.807, 2.05) is 37.3 Å². The standard InChI is InChI=1S/C18H19N3OS2/c1-13(14-8-10-19-11-9-14)20-17(22)7-4-12-23-18-21-15-5-2-3-6-16(15)24-18/h2-3,5-6,8-11,13H,4,7,12H2,1H3,(H,20,22)/t13-/m1/s1. The summed E-state index contributed by atoms with van der Waals surface area (Å²) in [6.07, 6.45) is 4.86. The Morgan fingerprint density at radius 2 is 2.04 bits per heavy atom. The van der Waals surface area contributed by atoms with Crippen LogP contribution in [0.3, 0.4) is 0 Å². The van der Waals surface area contributed by atoms with E-state index >= 15 is 0 Å². The van der Waals surface area contributed by atoms with E-state index in [-0.39, 0.29) is 11.9 Å². The van der Waals surface area contributed by atoms with E-state index < -0.39 is 0 Å². The fourth-order valence-corrected chi connectivity index (χ4v) is 4.43. The summed E-state index contributed by atoms with van der Waals surface area (Å²) in [7, 11) is 0. The van der Waals surface area contributed by atoms with E-state index in [9.17, 15) is 4.79 Å². The number of aromatic nitrogens is 2. The molecule has 124 valence electrons. The van der Waals surface area contributed by atoms with Crippen LogP contribution in [0, 0.1) is 0 Å². The van der Waals surface area contributed by atoms with Crippen LogP contribution < -0.4 is 5.32 Å². The molecule has 2 heterocycles. The van der Waals surface area contributed by atoms with Crippen molar-refractivity contribution < 1.29 is 4.79 Å². The first kappa shape index (κ1) is 16.9. The van der Waals surface area contributed by atoms with Crippen molar-refractivity contribution in [1.82, 2.24) is 15.3 Å². The number of nitrogens with zero attached hydrogens (tertiary/aromatic N) is 2. The van der Waals surface area contributed by atoms with Crippen molar-refractivity contribution in [2.24, 2.45) is 0 Å². The van der Waals surface area contributed by atoms with E-state index in [2.05, 4.69) is 21.4 Å². The molecule has 3 aromatic rings. The average molecular weight is 358 g/mol. The van der Waals surface area contributed by atoms with Crippen LogP contribution in [-0.4, -0.2) is 21.6 Å². The highest BCUT2D eigenvalue weighted by atomic mass is 32.2. The van der Waals surface area contributed by atoms with Gasteiger partial charge < -0.3 is 5.32 Å². The summed E-state index contributed by atoms with van der Waals surface area (Å²) in [4.78, 5) is 20.6. The highest BCUT2D eigenvalue weighted by molar-refractivity contribution is 8.01. The first-order valence-corrected chi connectivity index (χ1v) is 9.70. The second kappa shape index (κ2) is 8.26. The van der Waals surface area contributed by atoms with Gasteiger partial charge in [-0.3, -0.25) is 9.78 Å². The molecule has 0 spiro atoms. The van der Waals surface area contributed by atoms with Crippen molar-refractivity contribution >= 4 is 39.2 Å². The molecule has 0 radical (unpaired) electrons. The summed E-state index contributed by atoms with van der Waals surface area (Å²) in [5, 5.41) is 3.03. The molecule has 0 bridgehead atoms. The maximum absolute atomic E-state index is 12.0. The van der Waals surface area contributed by atoms with Gasteiger partial charge in [-0.25, -0.2) is 4.98 Å². The zero-order chi connectivity index (χ0) is 16.8. The number of pyridine rings is 1. The fraction of sp³-hybridized carbons (Fsp3) is 0.278. The topological polar surface area (TPSA) is 54.9 Å². The van der Waals surface area contributed by atoms with Crippen LogP contribution in [-0.2, 0) is 4.79 Å². The molecular weight excluding hydrogens is 338 g/mol. The van der Waals surface area contributed by atoms with Crippen LogP contribution in [0.15, 0.2) is 53.1 Å². The van der Waals surface area contributed by atoms with E-state index in [1.54, 1.807) is 35.5 Å². The van der Waals surface area contributed by atoms with E-state index in [0.717, 1.165) is 27.6 Å². The Labute approximate surface area is 149 Å². The van der Waals surface area contributed by atoms with Gasteiger partial charge in [-0.2, -0.15) is 0 Å². The fourth-order valence-electron chi connectivity index (χ4n) is 2.35. The predicted octanol–water partition coefficient (Wildman–Crippen LogP) is 4.44. The van der Waals surface area contributed by atoms with Gasteiger partial charge in [0.2, 0.25) is 5.91 Å². The third kappa shape index (κ3) is 4.55. The minimum atomic E-state index is 0.0115. The third-order valence-corrected chi connectivity index (χ3v) is 5.90. The number of benzene rings is 1. The normalized spacial score (nSPS) is 12.2. The molecule has 2 aromatic heterocycles. The van der Waals surface area contributed by atoms with Crippen LogP contribution >= 0.6 is 23.1 Å². The molecule has 0 aliphatic carbocycles. The summed E-state index contributed by atoms with van der Waals surface area (Å²) in [6.45, 7) is 1.99. The molecule has 0 saturated carbocycles. The van der Waals surface area contributed by atoms with Gasteiger partial charge in [-0.05, 0) is 43.2 Å². The molecule has 1 aromatic carbocycles. The number of carbonyl (C=O) groups is 1. The Morgan fingerprint density at radius 3 is 2.83 bits per heavy atom. The van der Waals surface area contributed by atoms with Crippen molar-refractivity contribution in [2.45, 2.75) is 30.1 Å². The Morgan fingerprint density at radius 1 is 1.25 bits per heavy atom. The van der Waals surface area contributed by atoms with E-state index in [1.165, 1.54) is 4.70 Å². The summed E-state index contributed by atoms with van der Waals surface area (Å²) >= 11 is 3.43. The Kier molecular flexibility index (Phi) is 5.82. The van der Waals surface area contributed by atoms with Gasteiger partial charge >= 0.3 is 0 Å². The van der Waals surface area contributed by atoms with Crippen molar-refractivity contribution in [2.75, 3.05) is 5.75 Å². The Balaban J connectivity index is 1.40. The summed E-state index contributed by atoms with van der Waals surface area (Å²) in [6, 6.07) is 12.0. The number of amides is 1. The van der Waals surface area contributed by atoms with E-state index in [0.29, 0.717) is 6.42 Å².